The van der Waals surface area contributed by atoms with Gasteiger partial charge in [0.05, 0.1) is 17.8 Å². The zero-order chi connectivity index (χ0) is 27.4. The number of hydrogen-bond acceptors (Lipinski definition) is 3. The van der Waals surface area contributed by atoms with Gasteiger partial charge in [0.2, 0.25) is 0 Å². The summed E-state index contributed by atoms with van der Waals surface area (Å²) in [5.74, 6) is 0. The minimum absolute atomic E-state index is 0.0471. The fourth-order valence-corrected chi connectivity index (χ4v) is 4.90. The number of aromatic nitrogens is 2. The Morgan fingerprint density at radius 1 is 0.846 bits per heavy atom. The molecule has 39 heavy (non-hydrogen) atoms. The van der Waals surface area contributed by atoms with Gasteiger partial charge in [0.1, 0.15) is 5.52 Å². The van der Waals surface area contributed by atoms with E-state index in [0.29, 0.717) is 36.2 Å². The van der Waals surface area contributed by atoms with E-state index < -0.39 is 11.7 Å². The summed E-state index contributed by atoms with van der Waals surface area (Å²) in [6.45, 7) is 2.39. The highest BCUT2D eigenvalue weighted by molar-refractivity contribution is 5.95. The summed E-state index contributed by atoms with van der Waals surface area (Å²) >= 11 is 0. The summed E-state index contributed by atoms with van der Waals surface area (Å²) in [4.78, 5) is 0. The molecule has 1 aromatic heterocycles. The van der Waals surface area contributed by atoms with Gasteiger partial charge in [0.15, 0.2) is 0 Å². The largest absolute Gasteiger partial charge is 0.418 e. The number of alkyl halides is 3. The normalized spacial score (nSPS) is 12.4. The smallest absolute Gasteiger partial charge is 0.382 e. The highest BCUT2D eigenvalue weighted by atomic mass is 19.4. The van der Waals surface area contributed by atoms with Gasteiger partial charge in [-0.1, -0.05) is 84.9 Å². The number of fused-ring (bicyclic) bond motifs is 1. The molecule has 0 saturated heterocycles. The zero-order valence-electron chi connectivity index (χ0n) is 21.5. The Balaban J connectivity index is 1.40. The number of hydrogen-bond donors (Lipinski definition) is 2. The maximum atomic E-state index is 13.8. The third-order valence-corrected chi connectivity index (χ3v) is 6.63. The lowest BCUT2D eigenvalue weighted by Gasteiger charge is -2.16. The lowest BCUT2D eigenvalue weighted by Crippen LogP contribution is -2.20. The molecule has 0 aliphatic heterocycles. The highest BCUT2D eigenvalue weighted by Gasteiger charge is 2.34. The van der Waals surface area contributed by atoms with Crippen LogP contribution < -0.4 is 5.32 Å². The van der Waals surface area contributed by atoms with E-state index in [-0.39, 0.29) is 11.6 Å². The Bertz CT molecular complexity index is 1560. The fourth-order valence-electron chi connectivity index (χ4n) is 4.90. The molecule has 0 aliphatic rings. The Morgan fingerprint density at radius 3 is 2.13 bits per heavy atom. The molecule has 0 saturated carbocycles. The average molecular weight is 527 g/mol. The lowest BCUT2D eigenvalue weighted by molar-refractivity contribution is -0.136. The molecular formula is C32H29F3N4. The van der Waals surface area contributed by atoms with Crippen molar-refractivity contribution >= 4 is 22.3 Å². The molecule has 4 aromatic carbocycles. The van der Waals surface area contributed by atoms with Gasteiger partial charge in [-0.05, 0) is 36.2 Å². The number of anilines is 1. The van der Waals surface area contributed by atoms with Crippen LogP contribution >= 0.6 is 0 Å². The van der Waals surface area contributed by atoms with Crippen molar-refractivity contribution in [1.82, 2.24) is 9.78 Å². The summed E-state index contributed by atoms with van der Waals surface area (Å²) in [6.07, 6.45) is -3.28. The molecule has 0 fully saturated rings. The minimum atomic E-state index is -4.50. The number of benzene rings is 4. The molecule has 5 rings (SSSR count). The second kappa shape index (κ2) is 11.2. The first-order valence-corrected chi connectivity index (χ1v) is 12.9. The van der Waals surface area contributed by atoms with Crippen LogP contribution in [0.5, 0.6) is 0 Å². The van der Waals surface area contributed by atoms with Crippen molar-refractivity contribution in [3.63, 3.8) is 0 Å². The predicted molar refractivity (Wildman–Crippen MR) is 151 cm³/mol. The van der Waals surface area contributed by atoms with Gasteiger partial charge in [-0.25, -0.2) is 0 Å². The summed E-state index contributed by atoms with van der Waals surface area (Å²) in [5.41, 5.74) is 4.23. The van der Waals surface area contributed by atoms with E-state index in [0.717, 1.165) is 28.4 Å². The topological polar surface area (TPSA) is 53.7 Å². The second-order valence-electron chi connectivity index (χ2n) is 9.78. The molecule has 2 N–H and O–H groups in total. The van der Waals surface area contributed by atoms with E-state index in [1.54, 1.807) is 10.7 Å². The van der Waals surface area contributed by atoms with Crippen molar-refractivity contribution in [2.24, 2.45) is 0 Å². The van der Waals surface area contributed by atoms with Crippen LogP contribution in [0.3, 0.4) is 0 Å². The van der Waals surface area contributed by atoms with E-state index in [2.05, 4.69) is 10.4 Å². The lowest BCUT2D eigenvalue weighted by atomic mass is 10.0. The van der Waals surface area contributed by atoms with Crippen molar-refractivity contribution < 1.29 is 13.2 Å². The van der Waals surface area contributed by atoms with Crippen molar-refractivity contribution in [3.05, 3.63) is 120 Å². The van der Waals surface area contributed by atoms with Gasteiger partial charge in [0, 0.05) is 41.2 Å². The Hall–Kier alpha value is -4.39. The van der Waals surface area contributed by atoms with Gasteiger partial charge in [-0.15, -0.1) is 0 Å². The highest BCUT2D eigenvalue weighted by Crippen LogP contribution is 2.38. The van der Waals surface area contributed by atoms with Crippen LogP contribution in [0.4, 0.5) is 18.9 Å². The fraction of sp³-hybridized carbons (Fsp3) is 0.188. The van der Waals surface area contributed by atoms with Crippen molar-refractivity contribution in [1.29, 1.82) is 5.41 Å². The van der Waals surface area contributed by atoms with Gasteiger partial charge < -0.3 is 10.7 Å². The number of rotatable bonds is 9. The third-order valence-electron chi connectivity index (χ3n) is 6.63. The molecule has 0 spiro atoms. The maximum absolute atomic E-state index is 13.8. The molecular weight excluding hydrogens is 497 g/mol. The standard InChI is InChI=1S/C32H29F3N4/c1-22(19-26(36)20-23-9-4-2-5-10-23)37-27-17-15-25(16-18-27)31-28-13-8-14-29(32(33,34)35)30(28)38-39(31)21-24-11-6-3-7-12-24/h2-18,22,36-37H,19-21H2,1H3. The summed E-state index contributed by atoms with van der Waals surface area (Å²) in [5, 5.41) is 16.7. The molecule has 0 radical (unpaired) electrons. The molecule has 1 atom stereocenters. The minimum Gasteiger partial charge on any atom is -0.382 e. The number of nitrogens with zero attached hydrogens (tertiary/aromatic N) is 2. The molecule has 4 nitrogen and oxygen atoms in total. The molecule has 0 amide bonds. The number of nitrogens with one attached hydrogen (secondary N) is 2. The van der Waals surface area contributed by atoms with Gasteiger partial charge in [0.25, 0.3) is 0 Å². The van der Waals surface area contributed by atoms with E-state index in [1.807, 2.05) is 91.9 Å². The molecule has 0 bridgehead atoms. The van der Waals surface area contributed by atoms with Crippen LogP contribution in [0.25, 0.3) is 22.2 Å². The summed E-state index contributed by atoms with van der Waals surface area (Å²) in [7, 11) is 0. The Kier molecular flexibility index (Phi) is 7.50. The number of halogens is 3. The second-order valence-corrected chi connectivity index (χ2v) is 9.78. The molecule has 1 unspecified atom stereocenters. The average Bonchev–Trinajstić information content (AvgIpc) is 3.27. The molecule has 198 valence electrons. The van der Waals surface area contributed by atoms with Crippen LogP contribution in [0.1, 0.15) is 30.0 Å². The van der Waals surface area contributed by atoms with Gasteiger partial charge in [-0.3, -0.25) is 4.68 Å². The van der Waals surface area contributed by atoms with Crippen LogP contribution in [-0.2, 0) is 19.1 Å². The third kappa shape index (κ3) is 6.20. The van der Waals surface area contributed by atoms with E-state index in [4.69, 9.17) is 5.41 Å². The van der Waals surface area contributed by atoms with Crippen molar-refractivity contribution in [2.45, 2.75) is 38.5 Å². The van der Waals surface area contributed by atoms with Crippen LogP contribution in [-0.4, -0.2) is 21.5 Å². The predicted octanol–water partition coefficient (Wildman–Crippen LogP) is 8.22. The Labute approximate surface area is 225 Å². The first-order valence-electron chi connectivity index (χ1n) is 12.9. The maximum Gasteiger partial charge on any atom is 0.418 e. The van der Waals surface area contributed by atoms with Gasteiger partial charge >= 0.3 is 6.18 Å². The van der Waals surface area contributed by atoms with Crippen LogP contribution in [0, 0.1) is 5.41 Å². The molecule has 0 aliphatic carbocycles. The monoisotopic (exact) mass is 526 g/mol. The van der Waals surface area contributed by atoms with Gasteiger partial charge in [-0.2, -0.15) is 18.3 Å². The summed E-state index contributed by atoms with van der Waals surface area (Å²) < 4.78 is 43.1. The van der Waals surface area contributed by atoms with Crippen molar-refractivity contribution in [2.75, 3.05) is 5.32 Å². The first kappa shape index (κ1) is 26.2. The molecule has 1 heterocycles. The van der Waals surface area contributed by atoms with E-state index in [9.17, 15) is 13.2 Å². The van der Waals surface area contributed by atoms with Crippen LogP contribution in [0.2, 0.25) is 0 Å². The zero-order valence-corrected chi connectivity index (χ0v) is 21.5. The molecule has 7 heteroatoms. The Morgan fingerprint density at radius 2 is 1.49 bits per heavy atom. The quantitative estimate of drug-likeness (QED) is 0.190. The van der Waals surface area contributed by atoms with Crippen molar-refractivity contribution in [3.8, 4) is 11.3 Å². The van der Waals surface area contributed by atoms with E-state index in [1.165, 1.54) is 6.07 Å². The summed E-state index contributed by atoms with van der Waals surface area (Å²) in [6, 6.07) is 31.5. The van der Waals surface area contributed by atoms with Crippen LogP contribution in [0.15, 0.2) is 103 Å². The SMILES string of the molecule is CC(CC(=N)Cc1ccccc1)Nc1ccc(-c2c3cccc(C(F)(F)F)c3nn2Cc2ccccc2)cc1. The van der Waals surface area contributed by atoms with E-state index >= 15 is 0 Å². The molecule has 5 aromatic rings. The first-order chi connectivity index (χ1) is 18.8.